The lowest BCUT2D eigenvalue weighted by atomic mass is 9.72. The van der Waals surface area contributed by atoms with Crippen molar-refractivity contribution < 1.29 is 26.7 Å². The minimum atomic E-state index is -4.60. The second-order valence-corrected chi connectivity index (χ2v) is 8.65. The molecule has 1 aliphatic carbocycles. The number of nitrogens with zero attached hydrogens (tertiary/aromatic N) is 7. The van der Waals surface area contributed by atoms with Crippen molar-refractivity contribution in [2.24, 2.45) is 0 Å². The Morgan fingerprint density at radius 2 is 1.84 bits per heavy atom. The van der Waals surface area contributed by atoms with Gasteiger partial charge in [-0.05, 0) is 31.4 Å². The SMILES string of the molecule is CC(c1ccc(C(F)(F)F)nc1)n1nc(C#N)c2c(=O)[nH]c([C@@H]3CC[C@H]3c3ncc(OC(F)F)cn3)nc21. The molecule has 1 unspecified atom stereocenters. The molecule has 0 aromatic carbocycles. The predicted octanol–water partition coefficient (Wildman–Crippen LogP) is 4.07. The quantitative estimate of drug-likeness (QED) is 0.367. The number of ether oxygens (including phenoxy) is 1. The summed E-state index contributed by atoms with van der Waals surface area (Å²) in [6.45, 7) is -1.38. The van der Waals surface area contributed by atoms with Gasteiger partial charge in [-0.3, -0.25) is 9.78 Å². The highest BCUT2D eigenvalue weighted by molar-refractivity contribution is 5.80. The first kappa shape index (κ1) is 25.2. The van der Waals surface area contributed by atoms with Crippen molar-refractivity contribution in [1.29, 1.82) is 5.26 Å². The van der Waals surface area contributed by atoms with Gasteiger partial charge in [-0.1, -0.05) is 6.07 Å². The third-order valence-electron chi connectivity index (χ3n) is 6.44. The third-order valence-corrected chi connectivity index (χ3v) is 6.44. The van der Waals surface area contributed by atoms with Crippen molar-refractivity contribution in [3.8, 4) is 11.8 Å². The van der Waals surface area contributed by atoms with Crippen molar-refractivity contribution in [3.05, 3.63) is 69.7 Å². The molecule has 5 rings (SSSR count). The molecule has 0 aliphatic heterocycles. The molecule has 0 saturated heterocycles. The van der Waals surface area contributed by atoms with Gasteiger partial charge in [0.1, 0.15) is 28.8 Å². The van der Waals surface area contributed by atoms with Gasteiger partial charge in [0.25, 0.3) is 5.56 Å². The van der Waals surface area contributed by atoms with E-state index in [0.717, 1.165) is 24.7 Å². The van der Waals surface area contributed by atoms with Gasteiger partial charge in [0, 0.05) is 18.0 Å². The molecule has 38 heavy (non-hydrogen) atoms. The average molecular weight is 532 g/mol. The number of aromatic nitrogens is 7. The fraction of sp³-hybridized carbons (Fsp3) is 0.348. The molecule has 15 heteroatoms. The van der Waals surface area contributed by atoms with E-state index in [4.69, 9.17) is 0 Å². The molecular weight excluding hydrogens is 515 g/mol. The lowest BCUT2D eigenvalue weighted by Crippen LogP contribution is -2.28. The highest BCUT2D eigenvalue weighted by atomic mass is 19.4. The summed E-state index contributed by atoms with van der Waals surface area (Å²) in [7, 11) is 0. The number of fused-ring (bicyclic) bond motifs is 1. The summed E-state index contributed by atoms with van der Waals surface area (Å²) < 4.78 is 69.1. The molecule has 1 saturated carbocycles. The van der Waals surface area contributed by atoms with Gasteiger partial charge in [-0.2, -0.15) is 32.3 Å². The van der Waals surface area contributed by atoms with E-state index in [2.05, 4.69) is 34.8 Å². The summed E-state index contributed by atoms with van der Waals surface area (Å²) in [6, 6.07) is 3.23. The Morgan fingerprint density at radius 3 is 2.39 bits per heavy atom. The molecule has 4 heterocycles. The molecule has 4 aromatic rings. The minimum absolute atomic E-state index is 0.0522. The van der Waals surface area contributed by atoms with Crippen LogP contribution in [0.25, 0.3) is 11.0 Å². The van der Waals surface area contributed by atoms with E-state index in [-0.39, 0.29) is 34.3 Å². The number of nitriles is 1. The van der Waals surface area contributed by atoms with Crippen LogP contribution in [-0.2, 0) is 6.18 Å². The van der Waals surface area contributed by atoms with E-state index < -0.39 is 30.1 Å². The highest BCUT2D eigenvalue weighted by Crippen LogP contribution is 2.47. The number of hydrogen-bond donors (Lipinski definition) is 1. The molecule has 4 aromatic heterocycles. The second-order valence-electron chi connectivity index (χ2n) is 8.65. The monoisotopic (exact) mass is 532 g/mol. The molecule has 0 spiro atoms. The van der Waals surface area contributed by atoms with E-state index in [1.807, 2.05) is 6.07 Å². The van der Waals surface area contributed by atoms with Crippen LogP contribution in [0.4, 0.5) is 22.0 Å². The summed E-state index contributed by atoms with van der Waals surface area (Å²) in [5, 5.41) is 13.7. The first-order valence-electron chi connectivity index (χ1n) is 11.3. The molecular formula is C23H17F5N8O2. The summed E-state index contributed by atoms with van der Waals surface area (Å²) >= 11 is 0. The number of halogens is 5. The van der Waals surface area contributed by atoms with Gasteiger partial charge in [-0.15, -0.1) is 0 Å². The van der Waals surface area contributed by atoms with Crippen LogP contribution in [0.5, 0.6) is 5.75 Å². The standard InChI is InChI=1S/C23H17F5N8O2/c1-10(11-2-5-16(30-7-11)23(26,27)28)36-20-17(15(6-29)35-36)21(37)34-19(33-20)14-4-3-13(14)18-31-8-12(9-32-18)38-22(24)25/h2,5,7-10,13-14,22H,3-4H2,1H3,(H,33,34,37)/t10?,13-,14-/m1/s1. The zero-order chi connectivity index (χ0) is 27.2. The first-order chi connectivity index (χ1) is 18.1. The van der Waals surface area contributed by atoms with Crippen molar-refractivity contribution >= 4 is 11.0 Å². The fourth-order valence-corrected chi connectivity index (χ4v) is 4.37. The summed E-state index contributed by atoms with van der Waals surface area (Å²) in [6.07, 6.45) is 0.000771. The van der Waals surface area contributed by atoms with E-state index >= 15 is 0 Å². The Kier molecular flexibility index (Phi) is 6.25. The van der Waals surface area contributed by atoms with E-state index in [0.29, 0.717) is 30.1 Å². The van der Waals surface area contributed by atoms with Gasteiger partial charge in [0.2, 0.25) is 0 Å². The van der Waals surface area contributed by atoms with E-state index in [9.17, 15) is 32.0 Å². The van der Waals surface area contributed by atoms with E-state index in [1.54, 1.807) is 6.92 Å². The Balaban J connectivity index is 1.50. The number of rotatable bonds is 6. The Morgan fingerprint density at radius 1 is 1.13 bits per heavy atom. The van der Waals surface area contributed by atoms with Crippen molar-refractivity contribution in [1.82, 2.24) is 34.7 Å². The summed E-state index contributed by atoms with van der Waals surface area (Å²) in [4.78, 5) is 31.9. The molecule has 1 aliphatic rings. The Bertz CT molecular complexity index is 1580. The number of hydrogen-bond acceptors (Lipinski definition) is 8. The van der Waals surface area contributed by atoms with Crippen LogP contribution in [0.3, 0.4) is 0 Å². The predicted molar refractivity (Wildman–Crippen MR) is 119 cm³/mol. The molecule has 1 fully saturated rings. The van der Waals surface area contributed by atoms with Gasteiger partial charge < -0.3 is 9.72 Å². The van der Waals surface area contributed by atoms with Crippen LogP contribution in [-0.4, -0.2) is 41.3 Å². The Labute approximate surface area is 210 Å². The maximum Gasteiger partial charge on any atom is 0.433 e. The molecule has 0 radical (unpaired) electrons. The minimum Gasteiger partial charge on any atom is -0.432 e. The molecule has 0 amide bonds. The number of H-pyrrole nitrogens is 1. The maximum atomic E-state index is 13.0. The van der Waals surface area contributed by atoms with Crippen LogP contribution in [0.15, 0.2) is 35.5 Å². The zero-order valence-electron chi connectivity index (χ0n) is 19.4. The Hall–Kier alpha value is -4.48. The molecule has 0 bridgehead atoms. The van der Waals surface area contributed by atoms with Gasteiger partial charge in [-0.25, -0.2) is 19.6 Å². The van der Waals surface area contributed by atoms with Crippen molar-refractivity contribution in [3.63, 3.8) is 0 Å². The van der Waals surface area contributed by atoms with Crippen molar-refractivity contribution in [2.45, 2.75) is 50.4 Å². The van der Waals surface area contributed by atoms with Crippen molar-refractivity contribution in [2.75, 3.05) is 0 Å². The van der Waals surface area contributed by atoms with E-state index in [1.165, 1.54) is 10.7 Å². The van der Waals surface area contributed by atoms with Gasteiger partial charge >= 0.3 is 12.8 Å². The van der Waals surface area contributed by atoms with Crippen LogP contribution >= 0.6 is 0 Å². The van der Waals surface area contributed by atoms with Crippen LogP contribution < -0.4 is 10.3 Å². The van der Waals surface area contributed by atoms with Gasteiger partial charge in [0.15, 0.2) is 17.1 Å². The lowest BCUT2D eigenvalue weighted by molar-refractivity contribution is -0.141. The van der Waals surface area contributed by atoms with Crippen LogP contribution in [0.1, 0.15) is 66.2 Å². The molecule has 1 N–H and O–H groups in total. The number of alkyl halides is 5. The lowest BCUT2D eigenvalue weighted by Gasteiger charge is -2.34. The first-order valence-corrected chi connectivity index (χ1v) is 11.3. The number of nitrogens with one attached hydrogen (secondary N) is 1. The largest absolute Gasteiger partial charge is 0.433 e. The number of pyridine rings is 1. The fourth-order valence-electron chi connectivity index (χ4n) is 4.37. The topological polar surface area (TPSA) is 135 Å². The summed E-state index contributed by atoms with van der Waals surface area (Å²) in [5.41, 5.74) is -1.40. The second kappa shape index (κ2) is 9.43. The summed E-state index contributed by atoms with van der Waals surface area (Å²) in [5.74, 6) is -0.114. The highest BCUT2D eigenvalue weighted by Gasteiger charge is 2.38. The smallest absolute Gasteiger partial charge is 0.432 e. The van der Waals surface area contributed by atoms with Crippen LogP contribution in [0.2, 0.25) is 0 Å². The molecule has 196 valence electrons. The maximum absolute atomic E-state index is 13.0. The molecule has 10 nitrogen and oxygen atoms in total. The average Bonchev–Trinajstić information content (AvgIpc) is 3.22. The van der Waals surface area contributed by atoms with Gasteiger partial charge in [0.05, 0.1) is 18.4 Å². The van der Waals surface area contributed by atoms with Crippen LogP contribution in [0, 0.1) is 11.3 Å². The third kappa shape index (κ3) is 4.53. The number of aromatic amines is 1. The zero-order valence-corrected chi connectivity index (χ0v) is 19.4. The normalized spacial score (nSPS) is 18.3. The molecule has 3 atom stereocenters.